The Kier molecular flexibility index (Phi) is 6.34. The molecule has 19 heavy (non-hydrogen) atoms. The molecule has 108 valence electrons. The van der Waals surface area contributed by atoms with Crippen molar-refractivity contribution in [3.05, 3.63) is 22.4 Å². The van der Waals surface area contributed by atoms with Crippen molar-refractivity contribution in [3.63, 3.8) is 0 Å². The fraction of sp³-hybridized carbons (Fsp3) is 0.615. The van der Waals surface area contributed by atoms with Crippen molar-refractivity contribution >= 4 is 17.2 Å². The van der Waals surface area contributed by atoms with Crippen molar-refractivity contribution in [1.82, 2.24) is 4.90 Å². The van der Waals surface area contributed by atoms with Gasteiger partial charge in [0.2, 0.25) is 5.91 Å². The average molecular weight is 293 g/mol. The average Bonchev–Trinajstić information content (AvgIpc) is 2.83. The molecule has 0 saturated carbocycles. The zero-order chi connectivity index (χ0) is 14.3. The number of unbranched alkanes of at least 4 members (excludes halogenated alkanes) is 1. The first-order valence-electron chi connectivity index (χ1n) is 6.29. The Labute approximate surface area is 115 Å². The molecule has 0 aliphatic carbocycles. The molecule has 1 amide bonds. The van der Waals surface area contributed by atoms with Crippen LogP contribution in [-0.2, 0) is 11.2 Å². The third-order valence-corrected chi connectivity index (χ3v) is 3.61. The summed E-state index contributed by atoms with van der Waals surface area (Å²) in [5.74, 6) is -0.417. The lowest BCUT2D eigenvalue weighted by atomic mass is 10.2. The highest BCUT2D eigenvalue weighted by atomic mass is 32.1. The van der Waals surface area contributed by atoms with E-state index in [0.29, 0.717) is 12.8 Å². The molecular formula is C13H18F3NOS. The number of carbonyl (C=O) groups is 1. The first-order valence-corrected chi connectivity index (χ1v) is 7.17. The predicted molar refractivity (Wildman–Crippen MR) is 70.2 cm³/mol. The van der Waals surface area contributed by atoms with E-state index in [0.717, 1.165) is 16.2 Å². The van der Waals surface area contributed by atoms with Crippen molar-refractivity contribution in [2.75, 3.05) is 13.1 Å². The van der Waals surface area contributed by atoms with E-state index in [4.69, 9.17) is 0 Å². The van der Waals surface area contributed by atoms with Gasteiger partial charge in [0, 0.05) is 17.8 Å². The Morgan fingerprint density at radius 2 is 2.16 bits per heavy atom. The van der Waals surface area contributed by atoms with Crippen LogP contribution < -0.4 is 0 Å². The Morgan fingerprint density at radius 3 is 2.68 bits per heavy atom. The molecule has 1 aromatic heterocycles. The molecule has 0 radical (unpaired) electrons. The summed E-state index contributed by atoms with van der Waals surface area (Å²) in [5.41, 5.74) is 0. The number of aryl methyl sites for hydroxylation is 1. The lowest BCUT2D eigenvalue weighted by Crippen LogP contribution is -2.39. The summed E-state index contributed by atoms with van der Waals surface area (Å²) in [6.07, 6.45) is -2.31. The van der Waals surface area contributed by atoms with Gasteiger partial charge in [0.05, 0.1) is 0 Å². The second-order valence-electron chi connectivity index (χ2n) is 4.36. The fourth-order valence-corrected chi connectivity index (χ4v) is 2.41. The van der Waals surface area contributed by atoms with Gasteiger partial charge in [-0.3, -0.25) is 4.79 Å². The molecule has 0 aromatic carbocycles. The van der Waals surface area contributed by atoms with Gasteiger partial charge in [0.1, 0.15) is 6.54 Å². The predicted octanol–water partition coefficient (Wildman–Crippen LogP) is 3.87. The first kappa shape index (κ1) is 16.0. The van der Waals surface area contributed by atoms with Gasteiger partial charge < -0.3 is 4.90 Å². The molecule has 1 heterocycles. The topological polar surface area (TPSA) is 20.3 Å². The Hall–Kier alpha value is -1.04. The highest BCUT2D eigenvalue weighted by Gasteiger charge is 2.32. The molecule has 6 heteroatoms. The Morgan fingerprint density at radius 1 is 1.42 bits per heavy atom. The van der Waals surface area contributed by atoms with Crippen molar-refractivity contribution in [1.29, 1.82) is 0 Å². The number of hydrogen-bond donors (Lipinski definition) is 0. The minimum atomic E-state index is -4.33. The number of rotatable bonds is 7. The van der Waals surface area contributed by atoms with E-state index < -0.39 is 18.6 Å². The smallest absolute Gasteiger partial charge is 0.334 e. The highest BCUT2D eigenvalue weighted by molar-refractivity contribution is 7.09. The zero-order valence-corrected chi connectivity index (χ0v) is 11.7. The molecule has 0 atom stereocenters. The second kappa shape index (κ2) is 7.53. The third-order valence-electron chi connectivity index (χ3n) is 2.67. The minimum Gasteiger partial charge on any atom is -0.334 e. The third kappa shape index (κ3) is 6.61. The summed E-state index contributed by atoms with van der Waals surface area (Å²) in [6.45, 7) is 0.928. The number of halogens is 3. The molecule has 0 fully saturated rings. The van der Waals surface area contributed by atoms with E-state index in [9.17, 15) is 18.0 Å². The maximum atomic E-state index is 12.4. The number of thiophene rings is 1. The van der Waals surface area contributed by atoms with Gasteiger partial charge in [-0.05, 0) is 24.3 Å². The standard InChI is InChI=1S/C13H18F3NOS/c1-2-3-8-17(10-13(14,15)16)12(18)7-6-11-5-4-9-19-11/h4-5,9H,2-3,6-8,10H2,1H3. The van der Waals surface area contributed by atoms with Crippen LogP contribution in [0, 0.1) is 0 Å². The summed E-state index contributed by atoms with van der Waals surface area (Å²) >= 11 is 1.51. The van der Waals surface area contributed by atoms with Crippen LogP contribution in [0.5, 0.6) is 0 Å². The molecule has 2 nitrogen and oxygen atoms in total. The maximum absolute atomic E-state index is 12.4. The van der Waals surface area contributed by atoms with Crippen LogP contribution in [0.3, 0.4) is 0 Å². The molecule has 0 spiro atoms. The van der Waals surface area contributed by atoms with E-state index in [1.807, 2.05) is 24.4 Å². The van der Waals surface area contributed by atoms with Crippen LogP contribution in [-0.4, -0.2) is 30.1 Å². The molecule has 0 N–H and O–H groups in total. The van der Waals surface area contributed by atoms with Gasteiger partial charge >= 0.3 is 6.18 Å². The molecule has 0 aliphatic rings. The molecule has 0 bridgehead atoms. The van der Waals surface area contributed by atoms with Crippen molar-refractivity contribution in [2.24, 2.45) is 0 Å². The van der Waals surface area contributed by atoms with E-state index in [2.05, 4.69) is 0 Å². The summed E-state index contributed by atoms with van der Waals surface area (Å²) in [5, 5.41) is 1.89. The molecular weight excluding hydrogens is 275 g/mol. The minimum absolute atomic E-state index is 0.139. The number of amides is 1. The number of alkyl halides is 3. The van der Waals surface area contributed by atoms with Crippen molar-refractivity contribution in [3.8, 4) is 0 Å². The van der Waals surface area contributed by atoms with E-state index in [1.165, 1.54) is 11.3 Å². The SMILES string of the molecule is CCCCN(CC(F)(F)F)C(=O)CCc1cccs1. The van der Waals surface area contributed by atoms with Crippen LogP contribution in [0.1, 0.15) is 31.1 Å². The van der Waals surface area contributed by atoms with Gasteiger partial charge in [-0.1, -0.05) is 19.4 Å². The van der Waals surface area contributed by atoms with E-state index in [-0.39, 0.29) is 13.0 Å². The van der Waals surface area contributed by atoms with Gasteiger partial charge in [-0.25, -0.2) is 0 Å². The monoisotopic (exact) mass is 293 g/mol. The fourth-order valence-electron chi connectivity index (χ4n) is 1.70. The van der Waals surface area contributed by atoms with Crippen molar-refractivity contribution in [2.45, 2.75) is 38.8 Å². The first-order chi connectivity index (χ1) is 8.92. The molecule has 1 rings (SSSR count). The molecule has 1 aromatic rings. The quantitative estimate of drug-likeness (QED) is 0.747. The highest BCUT2D eigenvalue weighted by Crippen LogP contribution is 2.18. The van der Waals surface area contributed by atoms with Gasteiger partial charge in [0.25, 0.3) is 0 Å². The van der Waals surface area contributed by atoms with Gasteiger partial charge in [-0.2, -0.15) is 13.2 Å². The number of hydrogen-bond acceptors (Lipinski definition) is 2. The van der Waals surface area contributed by atoms with E-state index >= 15 is 0 Å². The van der Waals surface area contributed by atoms with Crippen LogP contribution in [0.15, 0.2) is 17.5 Å². The van der Waals surface area contributed by atoms with Crippen LogP contribution in [0.4, 0.5) is 13.2 Å². The summed E-state index contributed by atoms with van der Waals surface area (Å²) in [4.78, 5) is 13.8. The van der Waals surface area contributed by atoms with Crippen LogP contribution >= 0.6 is 11.3 Å². The Balaban J connectivity index is 2.50. The normalized spacial score (nSPS) is 11.6. The summed E-state index contributed by atoms with van der Waals surface area (Å²) < 4.78 is 37.2. The van der Waals surface area contributed by atoms with Crippen molar-refractivity contribution < 1.29 is 18.0 Å². The molecule has 0 saturated heterocycles. The van der Waals surface area contributed by atoms with Crippen LogP contribution in [0.25, 0.3) is 0 Å². The largest absolute Gasteiger partial charge is 0.406 e. The summed E-state index contributed by atoms with van der Waals surface area (Å²) in [7, 11) is 0. The lowest BCUT2D eigenvalue weighted by Gasteiger charge is -2.23. The second-order valence-corrected chi connectivity index (χ2v) is 5.40. The number of carbonyl (C=O) groups excluding carboxylic acids is 1. The van der Waals surface area contributed by atoms with Gasteiger partial charge in [-0.15, -0.1) is 11.3 Å². The Bertz CT molecular complexity index is 376. The van der Waals surface area contributed by atoms with E-state index in [1.54, 1.807) is 0 Å². The lowest BCUT2D eigenvalue weighted by molar-refractivity contribution is -0.161. The summed E-state index contributed by atoms with van der Waals surface area (Å²) in [6, 6.07) is 3.76. The molecule has 0 aliphatic heterocycles. The van der Waals surface area contributed by atoms with Crippen LogP contribution in [0.2, 0.25) is 0 Å². The maximum Gasteiger partial charge on any atom is 0.406 e. The number of nitrogens with zero attached hydrogens (tertiary/aromatic N) is 1. The van der Waals surface area contributed by atoms with Gasteiger partial charge in [0.15, 0.2) is 0 Å². The zero-order valence-electron chi connectivity index (χ0n) is 10.9. The molecule has 0 unspecified atom stereocenters.